The SMILES string of the molecule is Nc1occ2oc(-c3ccccc3F)nc12. The Bertz CT molecular complexity index is 657. The number of nitrogen functional groups attached to an aromatic ring is 1. The maximum Gasteiger partial charge on any atom is 0.230 e. The van der Waals surface area contributed by atoms with E-state index in [4.69, 9.17) is 14.6 Å². The molecule has 0 atom stereocenters. The maximum atomic E-state index is 13.5. The van der Waals surface area contributed by atoms with E-state index in [1.54, 1.807) is 18.2 Å². The topological polar surface area (TPSA) is 65.2 Å². The smallest absolute Gasteiger partial charge is 0.230 e. The average molecular weight is 218 g/mol. The Morgan fingerprint density at radius 1 is 1.25 bits per heavy atom. The molecule has 4 nitrogen and oxygen atoms in total. The van der Waals surface area contributed by atoms with E-state index in [2.05, 4.69) is 4.98 Å². The number of oxazole rings is 1. The Morgan fingerprint density at radius 3 is 2.81 bits per heavy atom. The highest BCUT2D eigenvalue weighted by Gasteiger charge is 2.15. The van der Waals surface area contributed by atoms with Crippen LogP contribution in [0.4, 0.5) is 10.3 Å². The fourth-order valence-electron chi connectivity index (χ4n) is 1.51. The van der Waals surface area contributed by atoms with Gasteiger partial charge in [0.25, 0.3) is 0 Å². The fraction of sp³-hybridized carbons (Fsp3) is 0. The number of fused-ring (bicyclic) bond motifs is 1. The Balaban J connectivity index is 2.23. The van der Waals surface area contributed by atoms with E-state index in [1.165, 1.54) is 12.3 Å². The molecule has 2 heterocycles. The van der Waals surface area contributed by atoms with Crippen molar-refractivity contribution in [1.29, 1.82) is 0 Å². The molecule has 2 aromatic heterocycles. The lowest BCUT2D eigenvalue weighted by Gasteiger charge is -1.95. The van der Waals surface area contributed by atoms with Gasteiger partial charge in [-0.15, -0.1) is 0 Å². The number of hydrogen-bond donors (Lipinski definition) is 1. The summed E-state index contributed by atoms with van der Waals surface area (Å²) in [4.78, 5) is 4.08. The van der Waals surface area contributed by atoms with Crippen molar-refractivity contribution in [3.63, 3.8) is 0 Å². The largest absolute Gasteiger partial charge is 0.443 e. The molecule has 80 valence electrons. The third-order valence-corrected chi connectivity index (χ3v) is 2.28. The zero-order valence-corrected chi connectivity index (χ0v) is 8.11. The van der Waals surface area contributed by atoms with E-state index >= 15 is 0 Å². The van der Waals surface area contributed by atoms with Crippen molar-refractivity contribution in [2.75, 3.05) is 5.73 Å². The Hall–Kier alpha value is -2.30. The van der Waals surface area contributed by atoms with Gasteiger partial charge in [-0.05, 0) is 12.1 Å². The number of hydrogen-bond acceptors (Lipinski definition) is 4. The minimum atomic E-state index is -0.387. The van der Waals surface area contributed by atoms with Gasteiger partial charge in [0.15, 0.2) is 11.1 Å². The number of rotatable bonds is 1. The fourth-order valence-corrected chi connectivity index (χ4v) is 1.51. The summed E-state index contributed by atoms with van der Waals surface area (Å²) in [6.45, 7) is 0. The molecule has 16 heavy (non-hydrogen) atoms. The molecule has 0 radical (unpaired) electrons. The van der Waals surface area contributed by atoms with Crippen LogP contribution in [0.2, 0.25) is 0 Å². The molecule has 0 amide bonds. The van der Waals surface area contributed by atoms with Crippen LogP contribution in [0.3, 0.4) is 0 Å². The number of halogens is 1. The van der Waals surface area contributed by atoms with Gasteiger partial charge in [0.2, 0.25) is 11.8 Å². The zero-order chi connectivity index (χ0) is 11.1. The van der Waals surface area contributed by atoms with E-state index < -0.39 is 0 Å². The molecular formula is C11H7FN2O2. The minimum Gasteiger partial charge on any atom is -0.443 e. The molecule has 0 spiro atoms. The Kier molecular flexibility index (Phi) is 1.73. The Labute approximate surface area is 89.5 Å². The molecule has 0 aliphatic heterocycles. The quantitative estimate of drug-likeness (QED) is 0.682. The second-order valence-corrected chi connectivity index (χ2v) is 3.31. The van der Waals surface area contributed by atoms with Gasteiger partial charge < -0.3 is 14.6 Å². The summed E-state index contributed by atoms with van der Waals surface area (Å²) in [5, 5.41) is 0. The predicted octanol–water partition coefficient (Wildman–Crippen LogP) is 2.81. The van der Waals surface area contributed by atoms with Crippen LogP contribution in [0.15, 0.2) is 39.4 Å². The van der Waals surface area contributed by atoms with Crippen LogP contribution in [0.1, 0.15) is 0 Å². The van der Waals surface area contributed by atoms with E-state index in [-0.39, 0.29) is 17.6 Å². The van der Waals surface area contributed by atoms with Crippen molar-refractivity contribution in [3.8, 4) is 11.5 Å². The zero-order valence-electron chi connectivity index (χ0n) is 8.11. The summed E-state index contributed by atoms with van der Waals surface area (Å²) < 4.78 is 23.7. The van der Waals surface area contributed by atoms with Crippen LogP contribution < -0.4 is 5.73 Å². The van der Waals surface area contributed by atoms with Crippen LogP contribution >= 0.6 is 0 Å². The van der Waals surface area contributed by atoms with Crippen molar-refractivity contribution < 1.29 is 13.2 Å². The molecule has 0 unspecified atom stereocenters. The predicted molar refractivity (Wildman–Crippen MR) is 56.1 cm³/mol. The molecule has 0 aliphatic rings. The van der Waals surface area contributed by atoms with Crippen molar-refractivity contribution in [1.82, 2.24) is 4.98 Å². The van der Waals surface area contributed by atoms with Gasteiger partial charge >= 0.3 is 0 Å². The van der Waals surface area contributed by atoms with E-state index in [9.17, 15) is 4.39 Å². The molecule has 0 aliphatic carbocycles. The van der Waals surface area contributed by atoms with Gasteiger partial charge in [-0.3, -0.25) is 0 Å². The summed E-state index contributed by atoms with van der Waals surface area (Å²) in [5.74, 6) is -0.0196. The van der Waals surface area contributed by atoms with Gasteiger partial charge in [0.05, 0.1) is 5.56 Å². The number of anilines is 1. The van der Waals surface area contributed by atoms with Crippen molar-refractivity contribution >= 4 is 17.0 Å². The number of nitrogens with zero attached hydrogens (tertiary/aromatic N) is 1. The van der Waals surface area contributed by atoms with Crippen molar-refractivity contribution in [2.24, 2.45) is 0 Å². The summed E-state index contributed by atoms with van der Waals surface area (Å²) in [6.07, 6.45) is 1.35. The summed E-state index contributed by atoms with van der Waals surface area (Å²) in [7, 11) is 0. The highest BCUT2D eigenvalue weighted by molar-refractivity contribution is 5.84. The molecule has 1 aromatic carbocycles. The van der Waals surface area contributed by atoms with Crippen molar-refractivity contribution in [3.05, 3.63) is 36.3 Å². The summed E-state index contributed by atoms with van der Waals surface area (Å²) >= 11 is 0. The van der Waals surface area contributed by atoms with Gasteiger partial charge in [-0.25, -0.2) is 9.37 Å². The maximum absolute atomic E-state index is 13.5. The third-order valence-electron chi connectivity index (χ3n) is 2.28. The number of benzene rings is 1. The van der Waals surface area contributed by atoms with Crippen LogP contribution in [0.25, 0.3) is 22.6 Å². The van der Waals surface area contributed by atoms with Gasteiger partial charge in [0, 0.05) is 0 Å². The number of aromatic nitrogens is 1. The molecule has 5 heteroatoms. The van der Waals surface area contributed by atoms with E-state index in [0.29, 0.717) is 16.7 Å². The van der Waals surface area contributed by atoms with E-state index in [0.717, 1.165) is 0 Å². The molecule has 0 bridgehead atoms. The highest BCUT2D eigenvalue weighted by Crippen LogP contribution is 2.29. The van der Waals surface area contributed by atoms with Crippen LogP contribution in [-0.2, 0) is 0 Å². The van der Waals surface area contributed by atoms with Gasteiger partial charge in [0.1, 0.15) is 12.1 Å². The molecule has 3 rings (SSSR count). The first-order chi connectivity index (χ1) is 7.75. The first-order valence-corrected chi connectivity index (χ1v) is 4.64. The standard InChI is InChI=1S/C11H7FN2O2/c12-7-4-2-1-3-6(7)11-14-9-8(16-11)5-15-10(9)13/h1-5H,13H2. The molecule has 2 N–H and O–H groups in total. The highest BCUT2D eigenvalue weighted by atomic mass is 19.1. The second kappa shape index (κ2) is 3.10. The second-order valence-electron chi connectivity index (χ2n) is 3.31. The average Bonchev–Trinajstić information content (AvgIpc) is 2.82. The van der Waals surface area contributed by atoms with Gasteiger partial charge in [-0.1, -0.05) is 12.1 Å². The minimum absolute atomic E-state index is 0.168. The molecule has 0 saturated carbocycles. The number of nitrogens with two attached hydrogens (primary N) is 1. The molecule has 3 aromatic rings. The lowest BCUT2D eigenvalue weighted by Crippen LogP contribution is -1.84. The number of furan rings is 1. The van der Waals surface area contributed by atoms with Crippen LogP contribution in [0.5, 0.6) is 0 Å². The van der Waals surface area contributed by atoms with Crippen molar-refractivity contribution in [2.45, 2.75) is 0 Å². The molecular weight excluding hydrogens is 211 g/mol. The Morgan fingerprint density at radius 2 is 2.06 bits per heavy atom. The first-order valence-electron chi connectivity index (χ1n) is 4.64. The normalized spacial score (nSPS) is 11.1. The van der Waals surface area contributed by atoms with Gasteiger partial charge in [-0.2, -0.15) is 0 Å². The van der Waals surface area contributed by atoms with E-state index in [1.807, 2.05) is 0 Å². The lowest BCUT2D eigenvalue weighted by molar-refractivity contribution is 0.556. The lowest BCUT2D eigenvalue weighted by atomic mass is 10.2. The molecule has 0 saturated heterocycles. The summed E-state index contributed by atoms with van der Waals surface area (Å²) in [5.41, 5.74) is 6.65. The van der Waals surface area contributed by atoms with Crippen LogP contribution in [-0.4, -0.2) is 4.98 Å². The third kappa shape index (κ3) is 1.18. The summed E-state index contributed by atoms with van der Waals surface area (Å²) in [6, 6.07) is 6.25. The first kappa shape index (κ1) is 8.96. The molecule has 0 fully saturated rings. The van der Waals surface area contributed by atoms with Crippen LogP contribution in [0, 0.1) is 5.82 Å². The monoisotopic (exact) mass is 218 g/mol.